The molecule has 1 aliphatic rings. The summed E-state index contributed by atoms with van der Waals surface area (Å²) >= 11 is 6.16. The number of fused-ring (bicyclic) bond motifs is 1. The number of alkyl halides is 3. The van der Waals surface area contributed by atoms with Crippen LogP contribution < -0.4 is 4.90 Å². The first kappa shape index (κ1) is 23.6. The standard InChI is InChI=1S/C23H18ClF3N4O3S/c24-16-6-7-18-19(14-16)28-21(20-5-2-12-34-20)29-22(18)30-8-10-31(11-9-30)35(32,33)17-4-1-3-15(13-17)23(25,26)27/h1-7,12-14H,8-11H2. The Labute approximate surface area is 203 Å². The van der Waals surface area contributed by atoms with Crippen molar-refractivity contribution in [2.24, 2.45) is 0 Å². The van der Waals surface area contributed by atoms with E-state index in [2.05, 4.69) is 9.97 Å². The summed E-state index contributed by atoms with van der Waals surface area (Å²) in [6.45, 7) is 0.719. The number of benzene rings is 2. The Bertz CT molecular complexity index is 1490. The maximum absolute atomic E-state index is 13.1. The van der Waals surface area contributed by atoms with Gasteiger partial charge in [0.25, 0.3) is 0 Å². The molecule has 4 aromatic rings. The van der Waals surface area contributed by atoms with Crippen LogP contribution in [0.5, 0.6) is 0 Å². The molecule has 5 rings (SSSR count). The second-order valence-electron chi connectivity index (χ2n) is 7.93. The van der Waals surface area contributed by atoms with Gasteiger partial charge in [-0.05, 0) is 48.5 Å². The Balaban J connectivity index is 1.43. The number of hydrogen-bond acceptors (Lipinski definition) is 6. The summed E-state index contributed by atoms with van der Waals surface area (Å²) in [5, 5.41) is 1.24. The van der Waals surface area contributed by atoms with Gasteiger partial charge in [-0.2, -0.15) is 17.5 Å². The molecule has 0 unspecified atom stereocenters. The van der Waals surface area contributed by atoms with Crippen LogP contribution in [0.4, 0.5) is 19.0 Å². The molecule has 182 valence electrons. The smallest absolute Gasteiger partial charge is 0.416 e. The van der Waals surface area contributed by atoms with E-state index in [0.717, 1.165) is 17.5 Å². The lowest BCUT2D eigenvalue weighted by atomic mass is 10.2. The van der Waals surface area contributed by atoms with Crippen molar-refractivity contribution in [1.29, 1.82) is 0 Å². The minimum Gasteiger partial charge on any atom is -0.461 e. The van der Waals surface area contributed by atoms with E-state index < -0.39 is 21.8 Å². The van der Waals surface area contributed by atoms with Crippen LogP contribution in [0.2, 0.25) is 5.02 Å². The Morgan fingerprint density at radius 2 is 1.71 bits per heavy atom. The average molecular weight is 523 g/mol. The zero-order valence-corrected chi connectivity index (χ0v) is 19.6. The van der Waals surface area contributed by atoms with E-state index in [1.807, 2.05) is 4.90 Å². The molecule has 0 radical (unpaired) electrons. The van der Waals surface area contributed by atoms with Gasteiger partial charge >= 0.3 is 6.18 Å². The second-order valence-corrected chi connectivity index (χ2v) is 10.3. The van der Waals surface area contributed by atoms with Crippen molar-refractivity contribution in [2.75, 3.05) is 31.1 Å². The molecular weight excluding hydrogens is 505 g/mol. The Morgan fingerprint density at radius 1 is 0.943 bits per heavy atom. The minimum absolute atomic E-state index is 0.0771. The molecule has 1 fully saturated rings. The van der Waals surface area contributed by atoms with Gasteiger partial charge in [-0.15, -0.1) is 0 Å². The van der Waals surface area contributed by atoms with Crippen molar-refractivity contribution in [3.63, 3.8) is 0 Å². The van der Waals surface area contributed by atoms with Gasteiger partial charge in [-0.25, -0.2) is 18.4 Å². The quantitative estimate of drug-likeness (QED) is 0.372. The number of halogens is 4. The molecule has 1 saturated heterocycles. The zero-order valence-electron chi connectivity index (χ0n) is 18.0. The fourth-order valence-corrected chi connectivity index (χ4v) is 5.60. The molecule has 0 saturated carbocycles. The van der Waals surface area contributed by atoms with Gasteiger partial charge in [0.15, 0.2) is 11.6 Å². The van der Waals surface area contributed by atoms with Gasteiger partial charge in [-0.3, -0.25) is 0 Å². The second kappa shape index (κ2) is 8.81. The first-order chi connectivity index (χ1) is 16.6. The molecule has 0 amide bonds. The van der Waals surface area contributed by atoms with E-state index in [-0.39, 0.29) is 31.1 Å². The van der Waals surface area contributed by atoms with E-state index in [1.54, 1.807) is 30.3 Å². The summed E-state index contributed by atoms with van der Waals surface area (Å²) in [6.07, 6.45) is -3.12. The van der Waals surface area contributed by atoms with Crippen LogP contribution in [0.25, 0.3) is 22.5 Å². The third kappa shape index (κ3) is 4.58. The predicted molar refractivity (Wildman–Crippen MR) is 125 cm³/mol. The van der Waals surface area contributed by atoms with E-state index in [0.29, 0.717) is 34.0 Å². The summed E-state index contributed by atoms with van der Waals surface area (Å²) in [7, 11) is -4.10. The van der Waals surface area contributed by atoms with Crippen LogP contribution in [0.15, 0.2) is 70.2 Å². The molecule has 0 bridgehead atoms. The van der Waals surface area contributed by atoms with Crippen molar-refractivity contribution in [2.45, 2.75) is 11.1 Å². The highest BCUT2D eigenvalue weighted by Crippen LogP contribution is 2.33. The summed E-state index contributed by atoms with van der Waals surface area (Å²) in [4.78, 5) is 10.7. The Kier molecular flexibility index (Phi) is 5.94. The summed E-state index contributed by atoms with van der Waals surface area (Å²) < 4.78 is 72.0. The van der Waals surface area contributed by atoms with Crippen LogP contribution >= 0.6 is 11.6 Å². The fourth-order valence-electron chi connectivity index (χ4n) is 3.97. The van der Waals surface area contributed by atoms with Crippen LogP contribution in [0, 0.1) is 0 Å². The summed E-state index contributed by atoms with van der Waals surface area (Å²) in [6, 6.07) is 12.5. The van der Waals surface area contributed by atoms with Crippen molar-refractivity contribution < 1.29 is 26.0 Å². The topological polar surface area (TPSA) is 79.5 Å². The SMILES string of the molecule is O=S(=O)(c1cccc(C(F)(F)F)c1)N1CCN(c2nc(-c3ccco3)nc3cc(Cl)ccc23)CC1. The van der Waals surface area contributed by atoms with E-state index in [9.17, 15) is 21.6 Å². The van der Waals surface area contributed by atoms with Crippen LogP contribution in [0.1, 0.15) is 5.56 Å². The molecule has 7 nitrogen and oxygen atoms in total. The zero-order chi connectivity index (χ0) is 24.8. The molecule has 3 heterocycles. The summed E-state index contributed by atoms with van der Waals surface area (Å²) in [5.74, 6) is 1.42. The molecule has 2 aromatic carbocycles. The Morgan fingerprint density at radius 3 is 2.40 bits per heavy atom. The Hall–Kier alpha value is -3.15. The number of piperazine rings is 1. The highest BCUT2D eigenvalue weighted by atomic mass is 35.5. The van der Waals surface area contributed by atoms with Gasteiger partial charge in [0.1, 0.15) is 5.82 Å². The molecule has 2 aromatic heterocycles. The normalized spacial score (nSPS) is 15.6. The molecule has 35 heavy (non-hydrogen) atoms. The number of furan rings is 1. The maximum atomic E-state index is 13.1. The van der Waals surface area contributed by atoms with Gasteiger partial charge in [0.05, 0.1) is 22.2 Å². The number of anilines is 1. The average Bonchev–Trinajstić information content (AvgIpc) is 3.38. The van der Waals surface area contributed by atoms with Crippen molar-refractivity contribution in [3.8, 4) is 11.6 Å². The molecule has 0 spiro atoms. The minimum atomic E-state index is -4.63. The predicted octanol–water partition coefficient (Wildman–Crippen LogP) is 5.07. The first-order valence-electron chi connectivity index (χ1n) is 10.6. The number of rotatable bonds is 4. The lowest BCUT2D eigenvalue weighted by Gasteiger charge is -2.35. The van der Waals surface area contributed by atoms with Gasteiger partial charge in [0, 0.05) is 36.6 Å². The van der Waals surface area contributed by atoms with E-state index >= 15 is 0 Å². The van der Waals surface area contributed by atoms with Crippen molar-refractivity contribution in [1.82, 2.24) is 14.3 Å². The molecule has 0 aliphatic carbocycles. The van der Waals surface area contributed by atoms with E-state index in [1.165, 1.54) is 16.6 Å². The van der Waals surface area contributed by atoms with Gasteiger partial charge in [0.2, 0.25) is 10.0 Å². The fraction of sp³-hybridized carbons (Fsp3) is 0.217. The lowest BCUT2D eigenvalue weighted by molar-refractivity contribution is -0.137. The van der Waals surface area contributed by atoms with Crippen LogP contribution in [-0.4, -0.2) is 48.9 Å². The third-order valence-electron chi connectivity index (χ3n) is 5.72. The van der Waals surface area contributed by atoms with E-state index in [4.69, 9.17) is 16.0 Å². The number of nitrogens with zero attached hydrogens (tertiary/aromatic N) is 4. The third-order valence-corrected chi connectivity index (χ3v) is 7.85. The van der Waals surface area contributed by atoms with Gasteiger partial charge < -0.3 is 9.32 Å². The van der Waals surface area contributed by atoms with Crippen molar-refractivity contribution in [3.05, 3.63) is 71.4 Å². The maximum Gasteiger partial charge on any atom is 0.416 e. The number of hydrogen-bond donors (Lipinski definition) is 0. The summed E-state index contributed by atoms with van der Waals surface area (Å²) in [5.41, 5.74) is -0.401. The monoisotopic (exact) mass is 522 g/mol. The largest absolute Gasteiger partial charge is 0.461 e. The van der Waals surface area contributed by atoms with Gasteiger partial charge in [-0.1, -0.05) is 17.7 Å². The highest BCUT2D eigenvalue weighted by Gasteiger charge is 2.34. The molecule has 0 atom stereocenters. The highest BCUT2D eigenvalue weighted by molar-refractivity contribution is 7.89. The molecule has 12 heteroatoms. The number of sulfonamides is 1. The number of aromatic nitrogens is 2. The molecular formula is C23H18ClF3N4O3S. The van der Waals surface area contributed by atoms with Crippen LogP contribution in [0.3, 0.4) is 0 Å². The first-order valence-corrected chi connectivity index (χ1v) is 12.4. The van der Waals surface area contributed by atoms with Crippen LogP contribution in [-0.2, 0) is 16.2 Å². The lowest BCUT2D eigenvalue weighted by Crippen LogP contribution is -2.49. The molecule has 1 aliphatic heterocycles. The van der Waals surface area contributed by atoms with Crippen molar-refractivity contribution >= 4 is 38.3 Å². The molecule has 0 N–H and O–H groups in total.